The van der Waals surface area contributed by atoms with Crippen molar-refractivity contribution in [2.24, 2.45) is 0 Å². The molecule has 1 heterocycles. The molecule has 0 bridgehead atoms. The average molecular weight is 355 g/mol. The van der Waals surface area contributed by atoms with Crippen LogP contribution in [0.3, 0.4) is 0 Å². The van der Waals surface area contributed by atoms with Gasteiger partial charge < -0.3 is 0 Å². The van der Waals surface area contributed by atoms with Gasteiger partial charge in [0.2, 0.25) is 0 Å². The standard InChI is InChI=1S/C14H17N3O4S2/c1-9-10(2)22-14(15-9)16-13(18)11-6-5-7-12(8-11)23(19,20)17(3)21-4/h5-8H,1-4H3,(H,15,16,18). The number of carbonyl (C=O) groups excluding carboxylic acids is 1. The molecule has 1 aromatic carbocycles. The first-order chi connectivity index (χ1) is 10.8. The molecule has 0 radical (unpaired) electrons. The van der Waals surface area contributed by atoms with Crippen LogP contribution in [0.1, 0.15) is 20.9 Å². The van der Waals surface area contributed by atoms with Gasteiger partial charge in [0.05, 0.1) is 17.7 Å². The molecule has 0 aliphatic heterocycles. The monoisotopic (exact) mass is 355 g/mol. The molecule has 0 atom stereocenters. The van der Waals surface area contributed by atoms with Crippen LogP contribution in [0.5, 0.6) is 0 Å². The molecule has 0 aliphatic carbocycles. The number of carbonyl (C=O) groups is 1. The number of nitrogens with one attached hydrogen (secondary N) is 1. The summed E-state index contributed by atoms with van der Waals surface area (Å²) < 4.78 is 25.1. The summed E-state index contributed by atoms with van der Waals surface area (Å²) in [5.41, 5.74) is 1.07. The van der Waals surface area contributed by atoms with Gasteiger partial charge in [-0.15, -0.1) is 11.3 Å². The number of nitrogens with zero attached hydrogens (tertiary/aromatic N) is 2. The first-order valence-electron chi connectivity index (χ1n) is 6.64. The minimum atomic E-state index is -3.80. The molecule has 1 amide bonds. The second kappa shape index (κ2) is 6.75. The van der Waals surface area contributed by atoms with Crippen molar-refractivity contribution in [1.82, 2.24) is 9.45 Å². The number of rotatable bonds is 5. The number of aryl methyl sites for hydroxylation is 2. The Morgan fingerprint density at radius 1 is 1.35 bits per heavy atom. The number of amides is 1. The SMILES string of the molecule is CON(C)S(=O)(=O)c1cccc(C(=O)Nc2nc(C)c(C)s2)c1. The second-order valence-corrected chi connectivity index (χ2v) is 7.88. The van der Waals surface area contributed by atoms with Crippen molar-refractivity contribution in [3.05, 3.63) is 40.4 Å². The van der Waals surface area contributed by atoms with Crippen molar-refractivity contribution in [2.45, 2.75) is 18.7 Å². The van der Waals surface area contributed by atoms with Gasteiger partial charge in [0.25, 0.3) is 15.9 Å². The third-order valence-corrected chi connectivity index (χ3v) is 5.90. The molecule has 1 N–H and O–H groups in total. The van der Waals surface area contributed by atoms with Crippen LogP contribution in [0.2, 0.25) is 0 Å². The molecule has 124 valence electrons. The van der Waals surface area contributed by atoms with E-state index in [0.29, 0.717) is 5.13 Å². The maximum absolute atomic E-state index is 12.3. The van der Waals surface area contributed by atoms with Crippen molar-refractivity contribution in [3.8, 4) is 0 Å². The summed E-state index contributed by atoms with van der Waals surface area (Å²) >= 11 is 1.37. The molecule has 0 spiro atoms. The molecule has 23 heavy (non-hydrogen) atoms. The minimum Gasteiger partial charge on any atom is -0.298 e. The Morgan fingerprint density at radius 2 is 2.04 bits per heavy atom. The smallest absolute Gasteiger partial charge is 0.264 e. The van der Waals surface area contributed by atoms with E-state index in [-0.39, 0.29) is 10.5 Å². The van der Waals surface area contributed by atoms with Crippen LogP contribution in [-0.2, 0) is 14.9 Å². The molecule has 1 aromatic heterocycles. The topological polar surface area (TPSA) is 88.6 Å². The van der Waals surface area contributed by atoms with Gasteiger partial charge in [0, 0.05) is 17.5 Å². The van der Waals surface area contributed by atoms with E-state index in [9.17, 15) is 13.2 Å². The molecule has 2 aromatic rings. The fourth-order valence-corrected chi connectivity index (χ4v) is 3.57. The van der Waals surface area contributed by atoms with E-state index < -0.39 is 15.9 Å². The van der Waals surface area contributed by atoms with Gasteiger partial charge in [-0.2, -0.15) is 0 Å². The number of hydrogen-bond acceptors (Lipinski definition) is 6. The Hall–Kier alpha value is -1.81. The summed E-state index contributed by atoms with van der Waals surface area (Å²) in [6, 6.07) is 5.74. The molecular weight excluding hydrogens is 338 g/mol. The quantitative estimate of drug-likeness (QED) is 0.831. The third kappa shape index (κ3) is 3.75. The van der Waals surface area contributed by atoms with E-state index in [4.69, 9.17) is 4.84 Å². The Labute approximate surface area is 138 Å². The molecule has 0 unspecified atom stereocenters. The van der Waals surface area contributed by atoms with Crippen LogP contribution >= 0.6 is 11.3 Å². The molecule has 0 aliphatic rings. The van der Waals surface area contributed by atoms with E-state index in [1.807, 2.05) is 13.8 Å². The van der Waals surface area contributed by atoms with Crippen LogP contribution in [0.15, 0.2) is 29.2 Å². The Balaban J connectivity index is 2.27. The number of aromatic nitrogens is 1. The molecule has 0 fully saturated rings. The molecule has 0 saturated carbocycles. The largest absolute Gasteiger partial charge is 0.298 e. The number of benzene rings is 1. The number of hydroxylamine groups is 1. The number of sulfonamides is 1. The molecular formula is C14H17N3O4S2. The molecule has 9 heteroatoms. The van der Waals surface area contributed by atoms with Crippen LogP contribution in [0, 0.1) is 13.8 Å². The first-order valence-corrected chi connectivity index (χ1v) is 8.90. The van der Waals surface area contributed by atoms with Gasteiger partial charge in [-0.1, -0.05) is 10.5 Å². The highest BCUT2D eigenvalue weighted by Gasteiger charge is 2.22. The predicted molar refractivity (Wildman–Crippen MR) is 87.9 cm³/mol. The van der Waals surface area contributed by atoms with Gasteiger partial charge in [-0.25, -0.2) is 13.4 Å². The van der Waals surface area contributed by atoms with E-state index >= 15 is 0 Å². The summed E-state index contributed by atoms with van der Waals surface area (Å²) in [4.78, 5) is 22.2. The Bertz CT molecular complexity index is 811. The summed E-state index contributed by atoms with van der Waals surface area (Å²) in [5.74, 6) is -0.420. The lowest BCUT2D eigenvalue weighted by Gasteiger charge is -2.14. The van der Waals surface area contributed by atoms with Crippen molar-refractivity contribution in [3.63, 3.8) is 0 Å². The maximum Gasteiger partial charge on any atom is 0.264 e. The lowest BCUT2D eigenvalue weighted by atomic mass is 10.2. The van der Waals surface area contributed by atoms with Gasteiger partial charge in [-0.3, -0.25) is 14.9 Å². The van der Waals surface area contributed by atoms with Crippen molar-refractivity contribution in [2.75, 3.05) is 19.5 Å². The summed E-state index contributed by atoms with van der Waals surface area (Å²) in [6.07, 6.45) is 0. The van der Waals surface area contributed by atoms with Crippen molar-refractivity contribution in [1.29, 1.82) is 0 Å². The van der Waals surface area contributed by atoms with Crippen molar-refractivity contribution >= 4 is 32.4 Å². The number of anilines is 1. The summed E-state index contributed by atoms with van der Waals surface area (Å²) in [7, 11) is -1.27. The van der Waals surface area contributed by atoms with E-state index in [1.165, 1.54) is 49.8 Å². The normalized spacial score (nSPS) is 11.7. The number of hydrogen-bond donors (Lipinski definition) is 1. The fourth-order valence-electron chi connectivity index (χ4n) is 1.74. The Kier molecular flexibility index (Phi) is 5.15. The molecule has 7 nitrogen and oxygen atoms in total. The predicted octanol–water partition coefficient (Wildman–Crippen LogP) is 2.19. The molecule has 0 saturated heterocycles. The summed E-state index contributed by atoms with van der Waals surface area (Å²) in [6.45, 7) is 3.77. The third-order valence-electron chi connectivity index (χ3n) is 3.24. The highest BCUT2D eigenvalue weighted by Crippen LogP contribution is 2.22. The Morgan fingerprint density at radius 3 is 2.61 bits per heavy atom. The number of thiazole rings is 1. The highest BCUT2D eigenvalue weighted by molar-refractivity contribution is 7.89. The van der Waals surface area contributed by atoms with Gasteiger partial charge >= 0.3 is 0 Å². The fraction of sp³-hybridized carbons (Fsp3) is 0.286. The average Bonchev–Trinajstić information content (AvgIpc) is 2.84. The minimum absolute atomic E-state index is 0.0269. The second-order valence-electron chi connectivity index (χ2n) is 4.74. The lowest BCUT2D eigenvalue weighted by Crippen LogP contribution is -2.26. The van der Waals surface area contributed by atoms with E-state index in [1.54, 1.807) is 0 Å². The zero-order valence-corrected chi connectivity index (χ0v) is 14.8. The summed E-state index contributed by atoms with van der Waals surface area (Å²) in [5, 5.41) is 3.15. The van der Waals surface area contributed by atoms with Crippen LogP contribution in [0.4, 0.5) is 5.13 Å². The highest BCUT2D eigenvalue weighted by atomic mass is 32.2. The van der Waals surface area contributed by atoms with Crippen LogP contribution in [-0.4, -0.2) is 37.9 Å². The van der Waals surface area contributed by atoms with Crippen molar-refractivity contribution < 1.29 is 18.0 Å². The van der Waals surface area contributed by atoms with Crippen LogP contribution < -0.4 is 5.32 Å². The first kappa shape index (κ1) is 17.5. The van der Waals surface area contributed by atoms with Gasteiger partial charge in [-0.05, 0) is 32.0 Å². The van der Waals surface area contributed by atoms with Gasteiger partial charge in [0.15, 0.2) is 5.13 Å². The van der Waals surface area contributed by atoms with Gasteiger partial charge in [0.1, 0.15) is 0 Å². The zero-order valence-electron chi connectivity index (χ0n) is 13.2. The zero-order chi connectivity index (χ0) is 17.2. The van der Waals surface area contributed by atoms with E-state index in [2.05, 4.69) is 10.3 Å². The maximum atomic E-state index is 12.3. The van der Waals surface area contributed by atoms with Crippen LogP contribution in [0.25, 0.3) is 0 Å². The van der Waals surface area contributed by atoms with E-state index in [0.717, 1.165) is 15.0 Å². The lowest BCUT2D eigenvalue weighted by molar-refractivity contribution is -0.0258. The molecule has 2 rings (SSSR count).